The highest BCUT2D eigenvalue weighted by atomic mass is 35.5. The molecule has 0 bridgehead atoms. The van der Waals surface area contributed by atoms with Crippen LogP contribution in [0.3, 0.4) is 0 Å². The molecule has 0 saturated heterocycles. The maximum absolute atomic E-state index is 13.5. The van der Waals surface area contributed by atoms with Crippen LogP contribution < -0.4 is 16.4 Å². The van der Waals surface area contributed by atoms with Crippen LogP contribution in [0.25, 0.3) is 11.4 Å². The first kappa shape index (κ1) is 21.5. The molecule has 3 heterocycles. The number of fused-ring (bicyclic) bond motifs is 3. The van der Waals surface area contributed by atoms with E-state index in [2.05, 4.69) is 29.1 Å². The molecule has 1 atom stereocenters. The lowest BCUT2D eigenvalue weighted by molar-refractivity contribution is 0.193. The molecule has 0 saturated carbocycles. The normalized spacial score (nSPS) is 16.4. The molecule has 4 rings (SSSR count). The second-order valence-corrected chi connectivity index (χ2v) is 8.60. The fourth-order valence-corrected chi connectivity index (χ4v) is 3.89. The van der Waals surface area contributed by atoms with Gasteiger partial charge in [0, 0.05) is 17.6 Å². The molecule has 0 amide bonds. The smallest absolute Gasteiger partial charge is 0.330 e. The predicted molar refractivity (Wildman–Crippen MR) is 119 cm³/mol. The van der Waals surface area contributed by atoms with Crippen LogP contribution >= 0.6 is 11.6 Å². The summed E-state index contributed by atoms with van der Waals surface area (Å²) in [6.07, 6.45) is 1.60. The molecule has 8 nitrogen and oxygen atoms in total. The standard InChI is InChI=1S/C22H26ClN5O3/c1-13(2)18-10-28-21(26-18)20-19(7-16(8-24-20)25-17(11-29)12-30)27(22(28)31)9-14-3-5-15(23)6-4-14/h3-8,13,17-18,26,29-30H,9-12H2,1-2H3. The predicted octanol–water partition coefficient (Wildman–Crippen LogP) is 1.56. The van der Waals surface area contributed by atoms with E-state index in [0.29, 0.717) is 46.6 Å². The molecule has 3 N–H and O–H groups in total. The number of nitrogens with zero attached hydrogens (tertiary/aromatic N) is 4. The van der Waals surface area contributed by atoms with Gasteiger partial charge in [0.05, 0.1) is 43.0 Å². The molecule has 0 radical (unpaired) electrons. The van der Waals surface area contributed by atoms with E-state index in [9.17, 15) is 15.0 Å². The molecule has 164 valence electrons. The number of hydrogen-bond acceptors (Lipinski definition) is 6. The summed E-state index contributed by atoms with van der Waals surface area (Å²) >= 11 is 6.02. The van der Waals surface area contributed by atoms with E-state index in [1.54, 1.807) is 33.5 Å². The Labute approximate surface area is 184 Å². The van der Waals surface area contributed by atoms with Crippen LogP contribution in [0.2, 0.25) is 5.02 Å². The number of aromatic nitrogens is 3. The van der Waals surface area contributed by atoms with Crippen LogP contribution in [0.1, 0.15) is 19.4 Å². The topological polar surface area (TPSA) is 105 Å². The van der Waals surface area contributed by atoms with Crippen LogP contribution in [0, 0.1) is 5.92 Å². The van der Waals surface area contributed by atoms with E-state index in [1.165, 1.54) is 0 Å². The van der Waals surface area contributed by atoms with Crippen LogP contribution in [0.5, 0.6) is 0 Å². The van der Waals surface area contributed by atoms with Crippen molar-refractivity contribution in [1.82, 2.24) is 14.1 Å². The first-order valence-corrected chi connectivity index (χ1v) is 10.7. The number of aliphatic hydroxyl groups excluding tert-OH is 2. The third-order valence-electron chi connectivity index (χ3n) is 5.61. The molecule has 1 aromatic carbocycles. The highest BCUT2D eigenvalue weighted by Gasteiger charge is 2.30. The van der Waals surface area contributed by atoms with E-state index in [4.69, 9.17) is 11.6 Å². The largest absolute Gasteiger partial charge is 0.394 e. The number of pyridine rings is 1. The van der Waals surface area contributed by atoms with Gasteiger partial charge in [-0.2, -0.15) is 0 Å². The van der Waals surface area contributed by atoms with Crippen LogP contribution in [0.4, 0.5) is 5.82 Å². The van der Waals surface area contributed by atoms with Gasteiger partial charge in [0.15, 0.2) is 0 Å². The van der Waals surface area contributed by atoms with Crippen molar-refractivity contribution >= 4 is 17.4 Å². The van der Waals surface area contributed by atoms with E-state index in [-0.39, 0.29) is 24.9 Å². The molecule has 0 aliphatic carbocycles. The summed E-state index contributed by atoms with van der Waals surface area (Å²) in [6.45, 7) is 4.62. The minimum Gasteiger partial charge on any atom is -0.394 e. The quantitative estimate of drug-likeness (QED) is 0.536. The number of nitrogens with one attached hydrogen (secondary N) is 1. The number of aliphatic hydroxyl groups is 2. The van der Waals surface area contributed by atoms with Gasteiger partial charge in [-0.1, -0.05) is 37.6 Å². The Hall–Kier alpha value is -2.68. The molecule has 0 fully saturated rings. The summed E-state index contributed by atoms with van der Waals surface area (Å²) in [6, 6.07) is 8.67. The van der Waals surface area contributed by atoms with Crippen molar-refractivity contribution in [3.05, 3.63) is 63.0 Å². The van der Waals surface area contributed by atoms with Crippen LogP contribution in [0.15, 0.2) is 46.3 Å². The third kappa shape index (κ3) is 4.23. The number of halogens is 1. The molecule has 3 aliphatic heterocycles. The van der Waals surface area contributed by atoms with Crippen molar-refractivity contribution in [3.8, 4) is 11.4 Å². The molecule has 0 aromatic heterocycles. The van der Waals surface area contributed by atoms with Crippen molar-refractivity contribution < 1.29 is 10.2 Å². The monoisotopic (exact) mass is 443 g/mol. The second-order valence-electron chi connectivity index (χ2n) is 8.16. The zero-order chi connectivity index (χ0) is 22.1. The molecular formula is C22H26ClN5O3. The molecule has 1 aromatic rings. The van der Waals surface area contributed by atoms with Crippen molar-refractivity contribution in [2.75, 3.05) is 18.5 Å². The fraction of sp³-hybridized carbons (Fsp3) is 0.409. The highest BCUT2D eigenvalue weighted by Crippen LogP contribution is 2.31. The summed E-state index contributed by atoms with van der Waals surface area (Å²) in [4.78, 5) is 22.4. The first-order valence-electron chi connectivity index (χ1n) is 10.3. The van der Waals surface area contributed by atoms with Crippen molar-refractivity contribution in [3.63, 3.8) is 0 Å². The Balaban J connectivity index is 1.91. The Morgan fingerprint density at radius 1 is 1.26 bits per heavy atom. The maximum Gasteiger partial charge on any atom is 0.330 e. The second kappa shape index (κ2) is 8.82. The minimum atomic E-state index is -0.636. The van der Waals surface area contributed by atoms with Gasteiger partial charge < -0.3 is 15.5 Å². The van der Waals surface area contributed by atoms with Crippen molar-refractivity contribution in [1.29, 1.82) is 0 Å². The van der Waals surface area contributed by atoms with E-state index in [1.807, 2.05) is 12.1 Å². The average Bonchev–Trinajstić information content (AvgIpc) is 3.22. The SMILES string of the molecule is CC(C)C1Cn2c(c3ncc(=NC(CO)CO)cc-3n(Cc3ccc(Cl)cc3)c2=O)N1. The Morgan fingerprint density at radius 3 is 2.61 bits per heavy atom. The zero-order valence-corrected chi connectivity index (χ0v) is 18.3. The van der Waals surface area contributed by atoms with Gasteiger partial charge in [0.2, 0.25) is 0 Å². The molecule has 9 heteroatoms. The number of benzene rings is 1. The van der Waals surface area contributed by atoms with Gasteiger partial charge in [0.1, 0.15) is 11.5 Å². The Bertz CT molecular complexity index is 1170. The summed E-state index contributed by atoms with van der Waals surface area (Å²) in [5, 5.41) is 23.3. The maximum atomic E-state index is 13.5. The average molecular weight is 444 g/mol. The third-order valence-corrected chi connectivity index (χ3v) is 5.87. The fourth-order valence-electron chi connectivity index (χ4n) is 3.76. The van der Waals surface area contributed by atoms with Gasteiger partial charge in [-0.05, 0) is 29.7 Å². The number of anilines is 1. The van der Waals surface area contributed by atoms with Crippen LogP contribution in [-0.2, 0) is 13.1 Å². The van der Waals surface area contributed by atoms with Crippen molar-refractivity contribution in [2.45, 2.75) is 39.0 Å². The first-order chi connectivity index (χ1) is 14.9. The van der Waals surface area contributed by atoms with E-state index < -0.39 is 6.04 Å². The minimum absolute atomic E-state index is 0.132. The van der Waals surface area contributed by atoms with Gasteiger partial charge in [-0.25, -0.2) is 9.78 Å². The zero-order valence-electron chi connectivity index (χ0n) is 17.5. The highest BCUT2D eigenvalue weighted by molar-refractivity contribution is 6.30. The summed E-state index contributed by atoms with van der Waals surface area (Å²) in [5.74, 6) is 1.06. The molecular weight excluding hydrogens is 418 g/mol. The van der Waals surface area contributed by atoms with Crippen LogP contribution in [-0.4, -0.2) is 49.6 Å². The summed E-state index contributed by atoms with van der Waals surface area (Å²) in [7, 11) is 0. The molecule has 3 aliphatic rings. The number of rotatable bonds is 6. The van der Waals surface area contributed by atoms with Crippen molar-refractivity contribution in [2.24, 2.45) is 10.9 Å². The Kier molecular flexibility index (Phi) is 6.13. The molecule has 1 unspecified atom stereocenters. The summed E-state index contributed by atoms with van der Waals surface area (Å²) < 4.78 is 3.43. The van der Waals surface area contributed by atoms with Gasteiger partial charge >= 0.3 is 5.69 Å². The van der Waals surface area contributed by atoms with Gasteiger partial charge in [-0.15, -0.1) is 0 Å². The van der Waals surface area contributed by atoms with Gasteiger partial charge in [-0.3, -0.25) is 14.1 Å². The lowest BCUT2D eigenvalue weighted by Gasteiger charge is -2.19. The van der Waals surface area contributed by atoms with E-state index >= 15 is 0 Å². The van der Waals surface area contributed by atoms with E-state index in [0.717, 1.165) is 5.56 Å². The Morgan fingerprint density at radius 2 is 1.97 bits per heavy atom. The van der Waals surface area contributed by atoms with Gasteiger partial charge in [0.25, 0.3) is 0 Å². The summed E-state index contributed by atoms with van der Waals surface area (Å²) in [5.41, 5.74) is 2.12. The lowest BCUT2D eigenvalue weighted by atomic mass is 10.1. The molecule has 0 spiro atoms. The molecule has 31 heavy (non-hydrogen) atoms. The lowest BCUT2D eigenvalue weighted by Crippen LogP contribution is -2.34. The number of hydrogen-bond donors (Lipinski definition) is 3.